The Morgan fingerprint density at radius 1 is 1.43 bits per heavy atom. The number of hydrogen-bond donors (Lipinski definition) is 1. The van der Waals surface area contributed by atoms with Gasteiger partial charge >= 0.3 is 5.97 Å². The molecule has 3 atom stereocenters. The summed E-state index contributed by atoms with van der Waals surface area (Å²) in [6, 6.07) is 0.557. The number of nitrogens with one attached hydrogen (secondary N) is 1. The Morgan fingerprint density at radius 3 is 2.93 bits per heavy atom. The van der Waals surface area contributed by atoms with Crippen molar-refractivity contribution in [2.24, 2.45) is 5.92 Å². The van der Waals surface area contributed by atoms with Crippen LogP contribution in [0.15, 0.2) is 0 Å². The van der Waals surface area contributed by atoms with Crippen LogP contribution in [0, 0.1) is 5.92 Å². The molecule has 0 spiro atoms. The fraction of sp³-hybridized carbons (Fsp3) is 0.909. The van der Waals surface area contributed by atoms with Gasteiger partial charge in [0, 0.05) is 6.04 Å². The van der Waals surface area contributed by atoms with E-state index in [0.29, 0.717) is 12.6 Å². The SMILES string of the molecule is CCOC(=O)C1CC2CCCCC2N1. The maximum absolute atomic E-state index is 11.5. The number of esters is 1. The summed E-state index contributed by atoms with van der Waals surface area (Å²) in [4.78, 5) is 11.5. The van der Waals surface area contributed by atoms with Crippen LogP contribution in [-0.2, 0) is 9.53 Å². The number of carbonyl (C=O) groups excluding carboxylic acids is 1. The molecule has 80 valence electrons. The summed E-state index contributed by atoms with van der Waals surface area (Å²) in [6.45, 7) is 2.35. The Bertz CT molecular complexity index is 203. The van der Waals surface area contributed by atoms with Crippen LogP contribution in [0.5, 0.6) is 0 Å². The molecule has 14 heavy (non-hydrogen) atoms. The van der Waals surface area contributed by atoms with Crippen molar-refractivity contribution in [1.82, 2.24) is 5.32 Å². The second-order valence-electron chi connectivity index (χ2n) is 4.36. The maximum atomic E-state index is 11.5. The zero-order valence-electron chi connectivity index (χ0n) is 8.79. The van der Waals surface area contributed by atoms with Crippen LogP contribution in [0.2, 0.25) is 0 Å². The number of hydrogen-bond acceptors (Lipinski definition) is 3. The van der Waals surface area contributed by atoms with Gasteiger partial charge in [0.25, 0.3) is 0 Å². The Morgan fingerprint density at radius 2 is 2.21 bits per heavy atom. The highest BCUT2D eigenvalue weighted by molar-refractivity contribution is 5.76. The molecule has 3 unspecified atom stereocenters. The van der Waals surface area contributed by atoms with Crippen molar-refractivity contribution in [2.75, 3.05) is 6.61 Å². The highest BCUT2D eigenvalue weighted by Crippen LogP contribution is 2.33. The average Bonchev–Trinajstić information content (AvgIpc) is 2.61. The lowest BCUT2D eigenvalue weighted by Gasteiger charge is -2.24. The van der Waals surface area contributed by atoms with Crippen molar-refractivity contribution < 1.29 is 9.53 Å². The van der Waals surface area contributed by atoms with Crippen molar-refractivity contribution >= 4 is 5.97 Å². The largest absolute Gasteiger partial charge is 0.465 e. The summed E-state index contributed by atoms with van der Waals surface area (Å²) < 4.78 is 5.03. The average molecular weight is 197 g/mol. The van der Waals surface area contributed by atoms with E-state index < -0.39 is 0 Å². The molecule has 3 heteroatoms. The molecule has 1 saturated carbocycles. The van der Waals surface area contributed by atoms with Gasteiger partial charge in [-0.2, -0.15) is 0 Å². The molecule has 3 nitrogen and oxygen atoms in total. The lowest BCUT2D eigenvalue weighted by atomic mass is 9.85. The van der Waals surface area contributed by atoms with Crippen LogP contribution in [0.1, 0.15) is 39.0 Å². The van der Waals surface area contributed by atoms with E-state index in [-0.39, 0.29) is 12.0 Å². The number of rotatable bonds is 2. The Kier molecular flexibility index (Phi) is 3.06. The van der Waals surface area contributed by atoms with E-state index >= 15 is 0 Å². The molecule has 2 rings (SSSR count). The van der Waals surface area contributed by atoms with Crippen molar-refractivity contribution in [3.63, 3.8) is 0 Å². The Balaban J connectivity index is 1.89. The van der Waals surface area contributed by atoms with Crippen LogP contribution >= 0.6 is 0 Å². The molecule has 0 bridgehead atoms. The first-order valence-electron chi connectivity index (χ1n) is 5.74. The van der Waals surface area contributed by atoms with Gasteiger partial charge in [-0.05, 0) is 32.1 Å². The minimum Gasteiger partial charge on any atom is -0.465 e. The molecule has 0 aromatic heterocycles. The third kappa shape index (κ3) is 1.92. The van der Waals surface area contributed by atoms with Crippen LogP contribution in [0.4, 0.5) is 0 Å². The molecule has 1 N–H and O–H groups in total. The number of carbonyl (C=O) groups is 1. The minimum absolute atomic E-state index is 0.0250. The van der Waals surface area contributed by atoms with Crippen molar-refractivity contribution in [3.05, 3.63) is 0 Å². The summed E-state index contributed by atoms with van der Waals surface area (Å²) >= 11 is 0. The van der Waals surface area contributed by atoms with Gasteiger partial charge in [0.15, 0.2) is 0 Å². The van der Waals surface area contributed by atoms with Crippen LogP contribution in [0.3, 0.4) is 0 Å². The Labute approximate surface area is 85.2 Å². The summed E-state index contributed by atoms with van der Waals surface area (Å²) in [5.41, 5.74) is 0. The van der Waals surface area contributed by atoms with Gasteiger partial charge in [-0.3, -0.25) is 4.79 Å². The summed E-state index contributed by atoms with van der Waals surface area (Å²) in [7, 11) is 0. The van der Waals surface area contributed by atoms with E-state index in [2.05, 4.69) is 5.32 Å². The van der Waals surface area contributed by atoms with Gasteiger partial charge in [0.05, 0.1) is 6.61 Å². The maximum Gasteiger partial charge on any atom is 0.323 e. The highest BCUT2D eigenvalue weighted by atomic mass is 16.5. The molecule has 2 aliphatic rings. The first-order valence-corrected chi connectivity index (χ1v) is 5.74. The molecule has 2 fully saturated rings. The molecule has 1 aliphatic carbocycles. The van der Waals surface area contributed by atoms with E-state index in [1.54, 1.807) is 0 Å². The third-order valence-electron chi connectivity index (χ3n) is 3.43. The molecule has 0 aromatic carbocycles. The zero-order valence-corrected chi connectivity index (χ0v) is 8.79. The smallest absolute Gasteiger partial charge is 0.323 e. The third-order valence-corrected chi connectivity index (χ3v) is 3.43. The molecule has 0 amide bonds. The first kappa shape index (κ1) is 9.97. The zero-order chi connectivity index (χ0) is 9.97. The summed E-state index contributed by atoms with van der Waals surface area (Å²) in [6.07, 6.45) is 6.15. The second-order valence-corrected chi connectivity index (χ2v) is 4.36. The summed E-state index contributed by atoms with van der Waals surface area (Å²) in [5, 5.41) is 3.40. The van der Waals surface area contributed by atoms with Crippen molar-refractivity contribution in [2.45, 2.75) is 51.1 Å². The quantitative estimate of drug-likeness (QED) is 0.681. The fourth-order valence-electron chi connectivity index (χ4n) is 2.75. The fourth-order valence-corrected chi connectivity index (χ4v) is 2.75. The van der Waals surface area contributed by atoms with Gasteiger partial charge in [0.1, 0.15) is 6.04 Å². The lowest BCUT2D eigenvalue weighted by Crippen LogP contribution is -2.38. The van der Waals surface area contributed by atoms with Crippen molar-refractivity contribution in [1.29, 1.82) is 0 Å². The standard InChI is InChI=1S/C11H19NO2/c1-2-14-11(13)10-7-8-5-3-4-6-9(8)12-10/h8-10,12H,2-7H2,1H3. The van der Waals surface area contributed by atoms with E-state index in [1.807, 2.05) is 6.92 Å². The van der Waals surface area contributed by atoms with Gasteiger partial charge in [-0.25, -0.2) is 0 Å². The first-order chi connectivity index (χ1) is 6.81. The van der Waals surface area contributed by atoms with E-state index in [1.165, 1.54) is 25.7 Å². The lowest BCUT2D eigenvalue weighted by molar-refractivity contribution is -0.145. The van der Waals surface area contributed by atoms with E-state index in [4.69, 9.17) is 4.74 Å². The van der Waals surface area contributed by atoms with Crippen LogP contribution < -0.4 is 5.32 Å². The molecular weight excluding hydrogens is 178 g/mol. The summed E-state index contributed by atoms with van der Waals surface area (Å²) in [5.74, 6) is 0.667. The highest BCUT2D eigenvalue weighted by Gasteiger charge is 2.38. The Hall–Kier alpha value is -0.570. The van der Waals surface area contributed by atoms with Crippen LogP contribution in [-0.4, -0.2) is 24.7 Å². The molecular formula is C11H19NO2. The van der Waals surface area contributed by atoms with Crippen molar-refractivity contribution in [3.8, 4) is 0 Å². The van der Waals surface area contributed by atoms with E-state index in [9.17, 15) is 4.79 Å². The van der Waals surface area contributed by atoms with Gasteiger partial charge < -0.3 is 10.1 Å². The van der Waals surface area contributed by atoms with Gasteiger partial charge in [-0.1, -0.05) is 12.8 Å². The predicted octanol–water partition coefficient (Wildman–Crippen LogP) is 1.47. The molecule has 1 aliphatic heterocycles. The second kappa shape index (κ2) is 4.30. The van der Waals surface area contributed by atoms with Gasteiger partial charge in [-0.15, -0.1) is 0 Å². The van der Waals surface area contributed by atoms with Crippen LogP contribution in [0.25, 0.3) is 0 Å². The normalized spacial score (nSPS) is 36.5. The van der Waals surface area contributed by atoms with Gasteiger partial charge in [0.2, 0.25) is 0 Å². The number of fused-ring (bicyclic) bond motifs is 1. The molecule has 1 heterocycles. The van der Waals surface area contributed by atoms with E-state index in [0.717, 1.165) is 12.3 Å². The molecule has 0 aromatic rings. The minimum atomic E-state index is -0.0538. The molecule has 1 saturated heterocycles. The predicted molar refractivity (Wildman–Crippen MR) is 53.9 cm³/mol. The monoisotopic (exact) mass is 197 g/mol. The molecule has 0 radical (unpaired) electrons. The number of ether oxygens (including phenoxy) is 1. The topological polar surface area (TPSA) is 38.3 Å².